The quantitative estimate of drug-likeness (QED) is 0.696. The summed E-state index contributed by atoms with van der Waals surface area (Å²) in [6.07, 6.45) is 4.35. The zero-order valence-corrected chi connectivity index (χ0v) is 9.65. The molecule has 3 nitrogen and oxygen atoms in total. The van der Waals surface area contributed by atoms with Crippen molar-refractivity contribution in [3.8, 4) is 0 Å². The monoisotopic (exact) mass is 212 g/mol. The van der Waals surface area contributed by atoms with Gasteiger partial charge in [0, 0.05) is 12.3 Å². The minimum Gasteiger partial charge on any atom is -0.427 e. The molecular formula is C11H21BO3. The van der Waals surface area contributed by atoms with Crippen molar-refractivity contribution < 1.29 is 14.8 Å². The molecule has 2 N–H and O–H groups in total. The Bertz CT molecular complexity index is 216. The first-order valence-electron chi connectivity index (χ1n) is 5.89. The zero-order chi connectivity index (χ0) is 11.4. The summed E-state index contributed by atoms with van der Waals surface area (Å²) in [6, 6.07) is 0. The summed E-state index contributed by atoms with van der Waals surface area (Å²) in [6.45, 7) is 3.84. The van der Waals surface area contributed by atoms with Crippen molar-refractivity contribution in [3.05, 3.63) is 0 Å². The highest BCUT2D eigenvalue weighted by Crippen LogP contribution is 2.36. The van der Waals surface area contributed by atoms with E-state index in [1.165, 1.54) is 0 Å². The fraction of sp³-hybridized carbons (Fsp3) is 0.909. The van der Waals surface area contributed by atoms with Gasteiger partial charge in [0.25, 0.3) is 0 Å². The van der Waals surface area contributed by atoms with Gasteiger partial charge in [-0.3, -0.25) is 4.79 Å². The maximum Gasteiger partial charge on any atom is 0.454 e. The first-order valence-corrected chi connectivity index (χ1v) is 5.89. The second kappa shape index (κ2) is 5.66. The summed E-state index contributed by atoms with van der Waals surface area (Å²) in [7, 11) is -1.21. The molecule has 0 aromatic carbocycles. The van der Waals surface area contributed by atoms with Crippen molar-refractivity contribution >= 4 is 12.9 Å². The van der Waals surface area contributed by atoms with Gasteiger partial charge in [-0.1, -0.05) is 33.1 Å². The fourth-order valence-electron chi connectivity index (χ4n) is 2.31. The molecule has 0 amide bonds. The van der Waals surface area contributed by atoms with Crippen LogP contribution in [0.25, 0.3) is 0 Å². The maximum absolute atomic E-state index is 11.6. The number of rotatable bonds is 4. The molecular weight excluding hydrogens is 191 g/mol. The molecule has 0 aromatic rings. The average Bonchev–Trinajstić information content (AvgIpc) is 2.18. The van der Waals surface area contributed by atoms with Gasteiger partial charge < -0.3 is 10.0 Å². The van der Waals surface area contributed by atoms with Crippen LogP contribution in [0.15, 0.2) is 0 Å². The Hall–Kier alpha value is -0.345. The van der Waals surface area contributed by atoms with E-state index in [-0.39, 0.29) is 11.7 Å². The van der Waals surface area contributed by atoms with Crippen molar-refractivity contribution in [2.75, 3.05) is 0 Å². The Kier molecular flexibility index (Phi) is 4.80. The van der Waals surface area contributed by atoms with Gasteiger partial charge in [0.15, 0.2) is 0 Å². The smallest absolute Gasteiger partial charge is 0.427 e. The molecule has 0 spiro atoms. The van der Waals surface area contributed by atoms with Gasteiger partial charge in [0.05, 0.1) is 0 Å². The van der Waals surface area contributed by atoms with Gasteiger partial charge in [0.1, 0.15) is 5.78 Å². The molecule has 0 bridgehead atoms. The zero-order valence-electron chi connectivity index (χ0n) is 9.65. The fourth-order valence-corrected chi connectivity index (χ4v) is 2.31. The lowest BCUT2D eigenvalue weighted by atomic mass is 9.62. The number of carbonyl (C=O) groups excluding carboxylic acids is 1. The minimum atomic E-state index is -1.21. The van der Waals surface area contributed by atoms with E-state index in [0.717, 1.165) is 25.7 Å². The Morgan fingerprint density at radius 2 is 2.07 bits per heavy atom. The normalized spacial score (nSPS) is 26.7. The molecule has 1 rings (SSSR count). The molecule has 0 heterocycles. The Labute approximate surface area is 92.0 Å². The van der Waals surface area contributed by atoms with E-state index in [9.17, 15) is 4.79 Å². The Balaban J connectivity index is 2.39. The number of Topliss-reactive ketones (excluding diaryl/α,β-unsaturated/α-hetero) is 1. The molecule has 86 valence electrons. The van der Waals surface area contributed by atoms with Crippen LogP contribution in [0.1, 0.15) is 46.0 Å². The Morgan fingerprint density at radius 1 is 1.40 bits per heavy atom. The molecule has 0 aromatic heterocycles. The van der Waals surface area contributed by atoms with Gasteiger partial charge in [0.2, 0.25) is 0 Å². The predicted molar refractivity (Wildman–Crippen MR) is 60.4 cm³/mol. The third-order valence-electron chi connectivity index (χ3n) is 3.38. The van der Waals surface area contributed by atoms with E-state index in [0.29, 0.717) is 18.1 Å². The van der Waals surface area contributed by atoms with Crippen LogP contribution < -0.4 is 0 Å². The highest BCUT2D eigenvalue weighted by Gasteiger charge is 2.31. The maximum atomic E-state index is 11.6. The van der Waals surface area contributed by atoms with E-state index >= 15 is 0 Å². The summed E-state index contributed by atoms with van der Waals surface area (Å²) in [4.78, 5) is 11.6. The standard InChI is InChI=1S/C11H21BO3/c1-8(2)11(13)7-9-4-3-5-10(6-9)12(14)15/h8-10,14-15H,3-7H2,1-2H3. The molecule has 0 saturated heterocycles. The third kappa shape index (κ3) is 3.96. The van der Waals surface area contributed by atoms with Gasteiger partial charge in [-0.2, -0.15) is 0 Å². The predicted octanol–water partition coefficient (Wildman–Crippen LogP) is 1.63. The van der Waals surface area contributed by atoms with Crippen LogP contribution in [0, 0.1) is 11.8 Å². The molecule has 1 aliphatic rings. The second-order valence-electron chi connectivity index (χ2n) is 5.03. The first-order chi connectivity index (χ1) is 7.00. The molecule has 2 atom stereocenters. The number of hydrogen-bond acceptors (Lipinski definition) is 3. The summed E-state index contributed by atoms with van der Waals surface area (Å²) in [5.41, 5.74) is 0. The molecule has 1 aliphatic carbocycles. The van der Waals surface area contributed by atoms with Crippen molar-refractivity contribution in [1.29, 1.82) is 0 Å². The van der Waals surface area contributed by atoms with Crippen LogP contribution in [-0.4, -0.2) is 22.9 Å². The number of carbonyl (C=O) groups is 1. The van der Waals surface area contributed by atoms with E-state index < -0.39 is 7.12 Å². The summed E-state index contributed by atoms with van der Waals surface area (Å²) in [5.74, 6) is 0.738. The second-order valence-corrected chi connectivity index (χ2v) is 5.03. The minimum absolute atomic E-state index is 0.0243. The van der Waals surface area contributed by atoms with Gasteiger partial charge in [-0.05, 0) is 18.2 Å². The molecule has 0 aliphatic heterocycles. The molecule has 15 heavy (non-hydrogen) atoms. The molecule has 1 saturated carbocycles. The topological polar surface area (TPSA) is 57.5 Å². The van der Waals surface area contributed by atoms with Crippen LogP contribution >= 0.6 is 0 Å². The van der Waals surface area contributed by atoms with Crippen LogP contribution in [0.5, 0.6) is 0 Å². The van der Waals surface area contributed by atoms with Crippen molar-refractivity contribution in [2.45, 2.75) is 51.8 Å². The van der Waals surface area contributed by atoms with E-state index in [4.69, 9.17) is 10.0 Å². The van der Waals surface area contributed by atoms with Crippen LogP contribution in [0.3, 0.4) is 0 Å². The molecule has 2 unspecified atom stereocenters. The molecule has 4 heteroatoms. The lowest BCUT2D eigenvalue weighted by molar-refractivity contribution is -0.123. The number of hydrogen-bond donors (Lipinski definition) is 2. The number of ketones is 1. The van der Waals surface area contributed by atoms with Gasteiger partial charge in [-0.15, -0.1) is 0 Å². The largest absolute Gasteiger partial charge is 0.454 e. The Morgan fingerprint density at radius 3 is 2.60 bits per heavy atom. The lowest BCUT2D eigenvalue weighted by Crippen LogP contribution is -2.27. The average molecular weight is 212 g/mol. The summed E-state index contributed by atoms with van der Waals surface area (Å²) in [5, 5.41) is 18.2. The van der Waals surface area contributed by atoms with Crippen LogP contribution in [0.4, 0.5) is 0 Å². The molecule has 0 radical (unpaired) electrons. The van der Waals surface area contributed by atoms with Crippen molar-refractivity contribution in [3.63, 3.8) is 0 Å². The third-order valence-corrected chi connectivity index (χ3v) is 3.38. The lowest BCUT2D eigenvalue weighted by Gasteiger charge is -2.28. The highest BCUT2D eigenvalue weighted by atomic mass is 16.4. The first kappa shape index (κ1) is 12.7. The SMILES string of the molecule is CC(C)C(=O)CC1CCCC(B(O)O)C1. The van der Waals surface area contributed by atoms with Crippen LogP contribution in [-0.2, 0) is 4.79 Å². The van der Waals surface area contributed by atoms with Crippen LogP contribution in [0.2, 0.25) is 5.82 Å². The summed E-state index contributed by atoms with van der Waals surface area (Å²) < 4.78 is 0. The van der Waals surface area contributed by atoms with Crippen molar-refractivity contribution in [2.24, 2.45) is 11.8 Å². The van der Waals surface area contributed by atoms with Gasteiger partial charge >= 0.3 is 7.12 Å². The van der Waals surface area contributed by atoms with Gasteiger partial charge in [-0.25, -0.2) is 0 Å². The highest BCUT2D eigenvalue weighted by molar-refractivity contribution is 6.43. The van der Waals surface area contributed by atoms with Crippen molar-refractivity contribution in [1.82, 2.24) is 0 Å². The van der Waals surface area contributed by atoms with E-state index in [1.54, 1.807) is 0 Å². The van der Waals surface area contributed by atoms with E-state index in [2.05, 4.69) is 0 Å². The van der Waals surface area contributed by atoms with E-state index in [1.807, 2.05) is 13.8 Å². The molecule has 1 fully saturated rings. The summed E-state index contributed by atoms with van der Waals surface area (Å²) >= 11 is 0.